The second kappa shape index (κ2) is 8.10. The van der Waals surface area contributed by atoms with E-state index in [0.717, 1.165) is 19.3 Å². The third-order valence-corrected chi connectivity index (χ3v) is 6.84. The molecular weight excluding hydrogens is 364 g/mol. The topological polar surface area (TPSA) is 75.7 Å². The van der Waals surface area contributed by atoms with Crippen molar-refractivity contribution in [1.29, 1.82) is 0 Å². The number of benzene rings is 2. The lowest BCUT2D eigenvalue weighted by atomic mass is 10.1. The summed E-state index contributed by atoms with van der Waals surface area (Å²) >= 11 is 0. The first-order chi connectivity index (χ1) is 12.9. The predicted octanol–water partition coefficient (Wildman–Crippen LogP) is 3.51. The summed E-state index contributed by atoms with van der Waals surface area (Å²) in [4.78, 5) is 12.6. The van der Waals surface area contributed by atoms with Crippen LogP contribution in [0.5, 0.6) is 5.75 Å². The Labute approximate surface area is 160 Å². The van der Waals surface area contributed by atoms with Gasteiger partial charge in [0.1, 0.15) is 5.75 Å². The molecule has 3 rings (SSSR count). The third-order valence-electron chi connectivity index (χ3n) is 4.81. The summed E-state index contributed by atoms with van der Waals surface area (Å²) in [6, 6.07) is 13.1. The van der Waals surface area contributed by atoms with Crippen molar-refractivity contribution >= 4 is 21.6 Å². The van der Waals surface area contributed by atoms with Crippen molar-refractivity contribution < 1.29 is 17.9 Å². The maximum Gasteiger partial charge on any atom is 0.255 e. The fourth-order valence-electron chi connectivity index (χ4n) is 3.22. The zero-order valence-corrected chi connectivity index (χ0v) is 16.3. The number of carbonyl (C=O) groups excluding carboxylic acids is 1. The molecule has 0 saturated carbocycles. The van der Waals surface area contributed by atoms with E-state index in [4.69, 9.17) is 4.74 Å². The molecule has 1 atom stereocenters. The molecule has 1 amide bonds. The first-order valence-electron chi connectivity index (χ1n) is 8.99. The number of methoxy groups -OCH3 is 1. The molecule has 0 aliphatic carbocycles. The number of nitrogens with one attached hydrogen (secondary N) is 1. The van der Waals surface area contributed by atoms with Gasteiger partial charge in [-0.2, -0.15) is 4.31 Å². The largest absolute Gasteiger partial charge is 0.497 e. The van der Waals surface area contributed by atoms with Crippen LogP contribution in [-0.2, 0) is 10.0 Å². The maximum absolute atomic E-state index is 12.8. The summed E-state index contributed by atoms with van der Waals surface area (Å²) < 4.78 is 32.3. The fraction of sp³-hybridized carbons (Fsp3) is 0.350. The normalized spacial score (nSPS) is 18.1. The third kappa shape index (κ3) is 4.31. The van der Waals surface area contributed by atoms with Crippen LogP contribution in [0.4, 0.5) is 5.69 Å². The van der Waals surface area contributed by atoms with E-state index in [2.05, 4.69) is 5.32 Å². The first-order valence-corrected chi connectivity index (χ1v) is 10.4. The van der Waals surface area contributed by atoms with E-state index in [9.17, 15) is 13.2 Å². The summed E-state index contributed by atoms with van der Waals surface area (Å²) in [6.07, 6.45) is 2.81. The first kappa shape index (κ1) is 19.4. The van der Waals surface area contributed by atoms with Crippen LogP contribution in [0, 0.1) is 0 Å². The smallest absolute Gasteiger partial charge is 0.255 e. The Morgan fingerprint density at radius 3 is 2.33 bits per heavy atom. The van der Waals surface area contributed by atoms with Gasteiger partial charge in [0.2, 0.25) is 10.0 Å². The van der Waals surface area contributed by atoms with Gasteiger partial charge in [0.25, 0.3) is 5.91 Å². The van der Waals surface area contributed by atoms with Crippen LogP contribution < -0.4 is 10.1 Å². The van der Waals surface area contributed by atoms with E-state index in [0.29, 0.717) is 23.5 Å². The Hall–Kier alpha value is -2.38. The predicted molar refractivity (Wildman–Crippen MR) is 105 cm³/mol. The fourth-order valence-corrected chi connectivity index (χ4v) is 4.92. The van der Waals surface area contributed by atoms with Gasteiger partial charge in [-0.1, -0.05) is 6.42 Å². The summed E-state index contributed by atoms with van der Waals surface area (Å²) in [6.45, 7) is 2.48. The second-order valence-electron chi connectivity index (χ2n) is 6.67. The quantitative estimate of drug-likeness (QED) is 0.850. The van der Waals surface area contributed by atoms with Crippen molar-refractivity contribution in [3.63, 3.8) is 0 Å². The number of nitrogens with zero attached hydrogens (tertiary/aromatic N) is 1. The van der Waals surface area contributed by atoms with Gasteiger partial charge in [-0.05, 0) is 68.3 Å². The number of amides is 1. The monoisotopic (exact) mass is 388 g/mol. The zero-order chi connectivity index (χ0) is 19.4. The number of carbonyl (C=O) groups is 1. The van der Waals surface area contributed by atoms with E-state index < -0.39 is 10.0 Å². The number of rotatable bonds is 5. The molecule has 2 aromatic carbocycles. The molecule has 0 aromatic heterocycles. The molecule has 0 radical (unpaired) electrons. The Morgan fingerprint density at radius 2 is 1.74 bits per heavy atom. The number of anilines is 1. The van der Waals surface area contributed by atoms with Gasteiger partial charge in [-0.25, -0.2) is 8.42 Å². The van der Waals surface area contributed by atoms with Crippen LogP contribution in [0.25, 0.3) is 0 Å². The number of hydrogen-bond acceptors (Lipinski definition) is 4. The molecule has 1 heterocycles. The molecule has 2 aromatic rings. The second-order valence-corrected chi connectivity index (χ2v) is 8.56. The molecule has 0 spiro atoms. The lowest BCUT2D eigenvalue weighted by Crippen LogP contribution is -2.41. The Kier molecular flexibility index (Phi) is 5.82. The number of hydrogen-bond donors (Lipinski definition) is 1. The number of sulfonamides is 1. The highest BCUT2D eigenvalue weighted by molar-refractivity contribution is 7.89. The van der Waals surface area contributed by atoms with Gasteiger partial charge in [0.05, 0.1) is 12.0 Å². The van der Waals surface area contributed by atoms with Crippen LogP contribution in [0.1, 0.15) is 36.5 Å². The van der Waals surface area contributed by atoms with E-state index >= 15 is 0 Å². The van der Waals surface area contributed by atoms with Crippen molar-refractivity contribution in [2.45, 2.75) is 37.1 Å². The molecule has 0 unspecified atom stereocenters. The Bertz CT molecular complexity index is 893. The van der Waals surface area contributed by atoms with Crippen molar-refractivity contribution in [3.8, 4) is 5.75 Å². The van der Waals surface area contributed by atoms with Gasteiger partial charge in [0, 0.05) is 23.8 Å². The minimum Gasteiger partial charge on any atom is -0.497 e. The molecule has 7 heteroatoms. The van der Waals surface area contributed by atoms with Gasteiger partial charge < -0.3 is 10.1 Å². The van der Waals surface area contributed by atoms with Crippen LogP contribution in [0.15, 0.2) is 53.4 Å². The van der Waals surface area contributed by atoms with Crippen LogP contribution in [-0.4, -0.2) is 38.3 Å². The molecular formula is C20H24N2O4S. The summed E-state index contributed by atoms with van der Waals surface area (Å²) in [5.41, 5.74) is 1.04. The van der Waals surface area contributed by atoms with E-state index in [1.807, 2.05) is 6.92 Å². The van der Waals surface area contributed by atoms with Crippen LogP contribution in [0.2, 0.25) is 0 Å². The summed E-state index contributed by atoms with van der Waals surface area (Å²) in [5.74, 6) is 0.407. The standard InChI is InChI=1S/C20H24N2O4S/c1-15-5-3-4-14-22(15)27(24,25)19-12-6-16(7-13-19)20(23)21-17-8-10-18(26-2)11-9-17/h6-13,15H,3-5,14H2,1-2H3,(H,21,23)/t15-/m0/s1. The molecule has 27 heavy (non-hydrogen) atoms. The maximum atomic E-state index is 12.8. The molecule has 1 N–H and O–H groups in total. The number of piperidine rings is 1. The van der Waals surface area contributed by atoms with Crippen molar-refractivity contribution in [2.24, 2.45) is 0 Å². The van der Waals surface area contributed by atoms with Crippen molar-refractivity contribution in [3.05, 3.63) is 54.1 Å². The van der Waals surface area contributed by atoms with Gasteiger partial charge in [0.15, 0.2) is 0 Å². The Morgan fingerprint density at radius 1 is 1.07 bits per heavy atom. The highest BCUT2D eigenvalue weighted by Crippen LogP contribution is 2.25. The van der Waals surface area contributed by atoms with E-state index in [1.54, 1.807) is 47.8 Å². The van der Waals surface area contributed by atoms with Gasteiger partial charge in [-0.3, -0.25) is 4.79 Å². The lowest BCUT2D eigenvalue weighted by molar-refractivity contribution is 0.102. The van der Waals surface area contributed by atoms with Gasteiger partial charge >= 0.3 is 0 Å². The minimum absolute atomic E-state index is 0.00166. The van der Waals surface area contributed by atoms with Crippen molar-refractivity contribution in [2.75, 3.05) is 19.0 Å². The molecule has 6 nitrogen and oxygen atoms in total. The average Bonchev–Trinajstić information content (AvgIpc) is 2.69. The van der Waals surface area contributed by atoms with Crippen molar-refractivity contribution in [1.82, 2.24) is 4.31 Å². The van der Waals surface area contributed by atoms with E-state index in [-0.39, 0.29) is 16.8 Å². The molecule has 1 aliphatic heterocycles. The highest BCUT2D eigenvalue weighted by Gasteiger charge is 2.30. The van der Waals surface area contributed by atoms with Crippen LogP contribution >= 0.6 is 0 Å². The highest BCUT2D eigenvalue weighted by atomic mass is 32.2. The summed E-state index contributed by atoms with van der Waals surface area (Å²) in [7, 11) is -1.96. The molecule has 144 valence electrons. The minimum atomic E-state index is -3.53. The zero-order valence-electron chi connectivity index (χ0n) is 15.5. The lowest BCUT2D eigenvalue weighted by Gasteiger charge is -2.32. The van der Waals surface area contributed by atoms with Crippen LogP contribution in [0.3, 0.4) is 0 Å². The molecule has 1 fully saturated rings. The molecule has 1 aliphatic rings. The van der Waals surface area contributed by atoms with E-state index in [1.165, 1.54) is 12.1 Å². The SMILES string of the molecule is COc1ccc(NC(=O)c2ccc(S(=O)(=O)N3CCCC[C@@H]3C)cc2)cc1. The summed E-state index contributed by atoms with van der Waals surface area (Å²) in [5, 5.41) is 2.78. The Balaban J connectivity index is 1.73. The van der Waals surface area contributed by atoms with Gasteiger partial charge in [-0.15, -0.1) is 0 Å². The molecule has 1 saturated heterocycles. The molecule has 0 bridgehead atoms. The number of ether oxygens (including phenoxy) is 1. The average molecular weight is 388 g/mol.